The number of fused-ring (bicyclic) bond motifs is 4. The Kier molecular flexibility index (Phi) is 7.06. The van der Waals surface area contributed by atoms with Crippen LogP contribution in [0.1, 0.15) is 16.7 Å². The summed E-state index contributed by atoms with van der Waals surface area (Å²) in [5.41, 5.74) is 13.7. The lowest BCUT2D eigenvalue weighted by atomic mass is 10.0. The molecule has 5 nitrogen and oxygen atoms in total. The molecule has 0 N–H and O–H groups in total. The zero-order valence-electron chi connectivity index (χ0n) is 28.3. The van der Waals surface area contributed by atoms with Gasteiger partial charge >= 0.3 is 0 Å². The van der Waals surface area contributed by atoms with Gasteiger partial charge in [-0.3, -0.25) is 4.57 Å². The van der Waals surface area contributed by atoms with E-state index in [2.05, 4.69) is 191 Å². The molecular formula is C45H36N5+. The fraction of sp³-hybridized carbons (Fsp3) is 0.0667. The first-order valence-corrected chi connectivity index (χ1v) is 17.1. The van der Waals surface area contributed by atoms with E-state index >= 15 is 0 Å². The van der Waals surface area contributed by atoms with Crippen LogP contribution in [-0.4, -0.2) is 18.7 Å². The predicted molar refractivity (Wildman–Crippen MR) is 208 cm³/mol. The summed E-state index contributed by atoms with van der Waals surface area (Å²) < 4.78 is 6.85. The van der Waals surface area contributed by atoms with Crippen molar-refractivity contribution in [3.63, 3.8) is 0 Å². The fourth-order valence-electron chi connectivity index (χ4n) is 7.45. The Morgan fingerprint density at radius 3 is 1.88 bits per heavy atom. The lowest BCUT2D eigenvalue weighted by molar-refractivity contribution is 1.01. The zero-order valence-corrected chi connectivity index (χ0v) is 28.3. The van der Waals surface area contributed by atoms with E-state index in [-0.39, 0.29) is 0 Å². The highest BCUT2D eigenvalue weighted by atomic mass is 15.2. The van der Waals surface area contributed by atoms with Crippen LogP contribution in [-0.2, 0) is 0 Å². The minimum atomic E-state index is 0.917. The van der Waals surface area contributed by atoms with Crippen LogP contribution in [0.5, 0.6) is 0 Å². The van der Waals surface area contributed by atoms with Crippen molar-refractivity contribution in [2.75, 3.05) is 4.90 Å². The summed E-state index contributed by atoms with van der Waals surface area (Å²) in [6, 6.07) is 54.2. The second kappa shape index (κ2) is 11.9. The van der Waals surface area contributed by atoms with Gasteiger partial charge < -0.3 is 4.90 Å². The van der Waals surface area contributed by atoms with Gasteiger partial charge in [0.05, 0.1) is 22.4 Å². The molecule has 0 spiro atoms. The van der Waals surface area contributed by atoms with E-state index in [0.29, 0.717) is 0 Å². The number of benzene rings is 6. The van der Waals surface area contributed by atoms with E-state index in [0.717, 1.165) is 50.6 Å². The summed E-state index contributed by atoms with van der Waals surface area (Å²) in [7, 11) is 0. The average molecular weight is 647 g/mol. The van der Waals surface area contributed by atoms with Gasteiger partial charge in [-0.1, -0.05) is 78.9 Å². The number of hydrogen-bond acceptors (Lipinski definition) is 2. The maximum atomic E-state index is 4.84. The van der Waals surface area contributed by atoms with Crippen LogP contribution in [0.25, 0.3) is 50.0 Å². The van der Waals surface area contributed by atoms with Crippen molar-refractivity contribution >= 4 is 49.9 Å². The molecule has 240 valence electrons. The summed E-state index contributed by atoms with van der Waals surface area (Å²) in [5.74, 6) is 0.917. The number of imidazole rings is 1. The molecule has 5 heteroatoms. The average Bonchev–Trinajstić information content (AvgIpc) is 3.70. The highest BCUT2D eigenvalue weighted by Crippen LogP contribution is 2.42. The van der Waals surface area contributed by atoms with Gasteiger partial charge in [0.25, 0.3) is 0 Å². The third-order valence-corrected chi connectivity index (χ3v) is 9.74. The number of pyridine rings is 1. The molecule has 0 aliphatic rings. The SMILES string of the molecule is Cc1ccnc(-n2c3ccccc3c3ccc(N(c4cccc(-n5[cH+]n(-c6ccccc6)c6ccccc65)c4)c4c(C)cccc4C)cc32)c1. The summed E-state index contributed by atoms with van der Waals surface area (Å²) in [6.07, 6.45) is 4.10. The summed E-state index contributed by atoms with van der Waals surface area (Å²) >= 11 is 0. The molecule has 9 rings (SSSR count). The van der Waals surface area contributed by atoms with E-state index in [1.54, 1.807) is 0 Å². The lowest BCUT2D eigenvalue weighted by Gasteiger charge is -2.29. The Labute approximate surface area is 291 Å². The molecule has 9 aromatic rings. The summed E-state index contributed by atoms with van der Waals surface area (Å²) in [4.78, 5) is 7.25. The normalized spacial score (nSPS) is 11.5. The van der Waals surface area contributed by atoms with E-state index in [1.807, 2.05) is 12.3 Å². The molecule has 0 bridgehead atoms. The first kappa shape index (κ1) is 29.7. The molecule has 0 unspecified atom stereocenters. The molecule has 6 aromatic carbocycles. The molecule has 3 heterocycles. The zero-order chi connectivity index (χ0) is 33.8. The first-order chi connectivity index (χ1) is 24.5. The minimum Gasteiger partial charge on any atom is -0.309 e. The topological polar surface area (TPSA) is 30.9 Å². The van der Waals surface area contributed by atoms with Gasteiger partial charge in [0.15, 0.2) is 17.4 Å². The molecular weight excluding hydrogens is 611 g/mol. The number of aromatic nitrogens is 4. The smallest absolute Gasteiger partial charge is 0.168 e. The van der Waals surface area contributed by atoms with Crippen LogP contribution in [0, 0.1) is 20.8 Å². The van der Waals surface area contributed by atoms with Crippen LogP contribution in [0.3, 0.4) is 0 Å². The standard InChI is InChI=1S/C45H36N5/c1-31-25-26-46-44(27-31)50-40-20-8-7-19-38(40)39-24-23-37(29-43(39)50)49(45-32(2)13-11-14-33(45)3)36-18-12-17-35(28-36)48-30-47(34-15-5-4-6-16-34)41-21-9-10-22-42(41)48/h4-30H,1-3H3/q+1. The highest BCUT2D eigenvalue weighted by molar-refractivity contribution is 6.10. The van der Waals surface area contributed by atoms with Crippen LogP contribution in [0.4, 0.5) is 17.1 Å². The van der Waals surface area contributed by atoms with Gasteiger partial charge in [-0.15, -0.1) is 0 Å². The van der Waals surface area contributed by atoms with Crippen LogP contribution in [0.15, 0.2) is 164 Å². The maximum absolute atomic E-state index is 4.84. The van der Waals surface area contributed by atoms with Crippen molar-refractivity contribution in [3.8, 4) is 17.2 Å². The Morgan fingerprint density at radius 2 is 1.12 bits per heavy atom. The van der Waals surface area contributed by atoms with Crippen molar-refractivity contribution in [2.24, 2.45) is 0 Å². The third-order valence-electron chi connectivity index (χ3n) is 9.74. The van der Waals surface area contributed by atoms with Gasteiger partial charge in [-0.05, 0) is 92.1 Å². The number of hydrogen-bond donors (Lipinski definition) is 0. The Hall–Kier alpha value is -6.46. The molecule has 0 aliphatic heterocycles. The van der Waals surface area contributed by atoms with Gasteiger partial charge in [0.2, 0.25) is 0 Å². The second-order valence-corrected chi connectivity index (χ2v) is 13.0. The minimum absolute atomic E-state index is 0.917. The van der Waals surface area contributed by atoms with E-state index in [4.69, 9.17) is 4.98 Å². The summed E-state index contributed by atoms with van der Waals surface area (Å²) in [5, 5.41) is 2.41. The van der Waals surface area contributed by atoms with Gasteiger partial charge in [-0.25, -0.2) is 4.98 Å². The maximum Gasteiger partial charge on any atom is 0.168 e. The van der Waals surface area contributed by atoms with Crippen molar-refractivity contribution in [1.29, 1.82) is 0 Å². The molecule has 0 atom stereocenters. The van der Waals surface area contributed by atoms with E-state index < -0.39 is 0 Å². The van der Waals surface area contributed by atoms with E-state index in [1.165, 1.54) is 33.2 Å². The molecule has 0 saturated heterocycles. The fourth-order valence-corrected chi connectivity index (χ4v) is 7.45. The first-order valence-electron chi connectivity index (χ1n) is 17.1. The number of anilines is 3. The van der Waals surface area contributed by atoms with Gasteiger partial charge in [-0.2, -0.15) is 9.13 Å². The lowest BCUT2D eigenvalue weighted by Crippen LogP contribution is -2.13. The Morgan fingerprint density at radius 1 is 0.500 bits per heavy atom. The van der Waals surface area contributed by atoms with Crippen molar-refractivity contribution < 1.29 is 0 Å². The quantitative estimate of drug-likeness (QED) is 0.168. The number of aryl methyl sites for hydroxylation is 3. The third kappa shape index (κ3) is 4.86. The van der Waals surface area contributed by atoms with E-state index in [9.17, 15) is 0 Å². The van der Waals surface area contributed by atoms with Crippen molar-refractivity contribution in [1.82, 2.24) is 18.7 Å². The molecule has 0 fully saturated rings. The second-order valence-electron chi connectivity index (χ2n) is 13.0. The van der Waals surface area contributed by atoms with Crippen LogP contribution in [0.2, 0.25) is 0 Å². The highest BCUT2D eigenvalue weighted by Gasteiger charge is 2.22. The number of para-hydroxylation sites is 5. The van der Waals surface area contributed by atoms with Crippen molar-refractivity contribution in [2.45, 2.75) is 20.8 Å². The molecule has 50 heavy (non-hydrogen) atoms. The molecule has 3 aromatic heterocycles. The monoisotopic (exact) mass is 646 g/mol. The predicted octanol–water partition coefficient (Wildman–Crippen LogP) is 11.6. The van der Waals surface area contributed by atoms with Crippen molar-refractivity contribution in [3.05, 3.63) is 181 Å². The largest absolute Gasteiger partial charge is 0.309 e. The van der Waals surface area contributed by atoms with Gasteiger partial charge in [0, 0.05) is 40.9 Å². The molecule has 0 saturated carbocycles. The van der Waals surface area contributed by atoms with Gasteiger partial charge in [0.1, 0.15) is 17.2 Å². The number of rotatable bonds is 6. The molecule has 0 amide bonds. The molecule has 0 radical (unpaired) electrons. The molecule has 0 aliphatic carbocycles. The number of nitrogens with zero attached hydrogens (tertiary/aromatic N) is 5. The van der Waals surface area contributed by atoms with Crippen LogP contribution >= 0.6 is 0 Å². The van der Waals surface area contributed by atoms with Crippen LogP contribution < -0.4 is 4.90 Å². The Balaban J connectivity index is 1.27. The summed E-state index contributed by atoms with van der Waals surface area (Å²) in [6.45, 7) is 6.52. The Bertz CT molecular complexity index is 2680.